The molecule has 0 N–H and O–H groups in total. The largest absolute Gasteiger partial charge is 0.224 e. The molecule has 0 aliphatic heterocycles. The molecule has 21 heavy (non-hydrogen) atoms. The third-order valence-corrected chi connectivity index (χ3v) is 6.50. The Kier molecular flexibility index (Phi) is 4.52. The Labute approximate surface area is 135 Å². The van der Waals surface area contributed by atoms with Crippen molar-refractivity contribution in [3.63, 3.8) is 0 Å². The monoisotopic (exact) mass is 342 g/mol. The van der Waals surface area contributed by atoms with Crippen molar-refractivity contribution in [2.75, 3.05) is 6.26 Å². The van der Waals surface area contributed by atoms with Gasteiger partial charge in [-0.15, -0.1) is 22.9 Å². The molecule has 2 nitrogen and oxygen atoms in total. The molecule has 0 aliphatic rings. The van der Waals surface area contributed by atoms with Crippen molar-refractivity contribution >= 4 is 32.8 Å². The summed E-state index contributed by atoms with van der Waals surface area (Å²) in [5.74, 6) is 0. The van der Waals surface area contributed by atoms with Crippen molar-refractivity contribution in [3.8, 4) is 0 Å². The molecule has 1 aromatic heterocycles. The van der Waals surface area contributed by atoms with Gasteiger partial charge in [0.15, 0.2) is 9.84 Å². The summed E-state index contributed by atoms with van der Waals surface area (Å²) in [6, 6.07) is 11.0. The fourth-order valence-electron chi connectivity index (χ4n) is 1.96. The first-order valence-corrected chi connectivity index (χ1v) is 9.78. The fraction of sp³-hybridized carbons (Fsp3) is 0.375. The maximum absolute atomic E-state index is 11.6. The molecule has 0 fully saturated rings. The summed E-state index contributed by atoms with van der Waals surface area (Å²) in [6.07, 6.45) is 1.21. The van der Waals surface area contributed by atoms with E-state index < -0.39 is 9.84 Å². The average Bonchev–Trinajstić information content (AvgIpc) is 2.86. The van der Waals surface area contributed by atoms with Gasteiger partial charge in [-0.05, 0) is 35.2 Å². The lowest BCUT2D eigenvalue weighted by atomic mass is 9.95. The van der Waals surface area contributed by atoms with Gasteiger partial charge in [0.1, 0.15) is 0 Å². The van der Waals surface area contributed by atoms with Gasteiger partial charge in [0.25, 0.3) is 0 Å². The molecule has 1 atom stereocenters. The molecule has 2 rings (SSSR count). The smallest absolute Gasteiger partial charge is 0.175 e. The van der Waals surface area contributed by atoms with E-state index in [1.807, 2.05) is 12.1 Å². The Hall–Kier alpha value is -0.840. The van der Waals surface area contributed by atoms with Crippen LogP contribution in [0.3, 0.4) is 0 Å². The zero-order valence-corrected chi connectivity index (χ0v) is 14.9. The summed E-state index contributed by atoms with van der Waals surface area (Å²) in [5, 5.41) is -0.326. The quantitative estimate of drug-likeness (QED) is 0.752. The Bertz CT molecular complexity index is 740. The molecule has 0 saturated carbocycles. The Morgan fingerprint density at radius 1 is 1.14 bits per heavy atom. The molecule has 1 aromatic carbocycles. The first-order chi connectivity index (χ1) is 9.59. The standard InChI is InChI=1S/C16H19ClO2S2/c1-16(2,3)14-9-8-13(20-14)15(17)11-6-5-7-12(10-11)21(4,18)19/h5-10,15H,1-4H3. The van der Waals surface area contributed by atoms with Gasteiger partial charge in [0, 0.05) is 16.0 Å². The first-order valence-electron chi connectivity index (χ1n) is 6.63. The SMILES string of the molecule is CC(C)(C)c1ccc(C(Cl)c2cccc(S(C)(=O)=O)c2)s1. The molecular formula is C16H19ClO2S2. The first kappa shape index (κ1) is 16.5. The maximum atomic E-state index is 11.6. The van der Waals surface area contributed by atoms with Crippen molar-refractivity contribution in [2.45, 2.75) is 36.5 Å². The molecule has 0 radical (unpaired) electrons. The molecule has 1 heterocycles. The van der Waals surface area contributed by atoms with E-state index in [0.29, 0.717) is 4.90 Å². The van der Waals surface area contributed by atoms with Gasteiger partial charge in [0.05, 0.1) is 10.3 Å². The van der Waals surface area contributed by atoms with Crippen molar-refractivity contribution in [2.24, 2.45) is 0 Å². The van der Waals surface area contributed by atoms with Crippen LogP contribution in [0.1, 0.15) is 41.5 Å². The van der Waals surface area contributed by atoms with E-state index in [9.17, 15) is 8.42 Å². The van der Waals surface area contributed by atoms with E-state index >= 15 is 0 Å². The number of thiophene rings is 1. The van der Waals surface area contributed by atoms with E-state index in [1.165, 1.54) is 11.1 Å². The number of halogens is 1. The predicted octanol–water partition coefficient (Wildman–Crippen LogP) is 4.78. The average molecular weight is 343 g/mol. The highest BCUT2D eigenvalue weighted by Crippen LogP contribution is 2.38. The van der Waals surface area contributed by atoms with Crippen LogP contribution in [0.4, 0.5) is 0 Å². The number of hydrogen-bond donors (Lipinski definition) is 0. The summed E-state index contributed by atoms with van der Waals surface area (Å²) in [7, 11) is -3.21. The van der Waals surface area contributed by atoms with Crippen LogP contribution in [-0.4, -0.2) is 14.7 Å². The zero-order valence-electron chi connectivity index (χ0n) is 12.6. The van der Waals surface area contributed by atoms with E-state index in [4.69, 9.17) is 11.6 Å². The molecule has 2 aromatic rings. The van der Waals surface area contributed by atoms with E-state index in [0.717, 1.165) is 10.4 Å². The molecule has 0 saturated heterocycles. The van der Waals surface area contributed by atoms with Crippen LogP contribution in [0.15, 0.2) is 41.3 Å². The van der Waals surface area contributed by atoms with Crippen LogP contribution in [0.25, 0.3) is 0 Å². The van der Waals surface area contributed by atoms with Gasteiger partial charge in [0.2, 0.25) is 0 Å². The van der Waals surface area contributed by atoms with E-state index in [-0.39, 0.29) is 10.8 Å². The normalized spacial score (nSPS) is 14.1. The van der Waals surface area contributed by atoms with Gasteiger partial charge in [-0.25, -0.2) is 8.42 Å². The second kappa shape index (κ2) is 5.75. The molecule has 0 aliphatic carbocycles. The van der Waals surface area contributed by atoms with Crippen LogP contribution in [0.2, 0.25) is 0 Å². The number of hydrogen-bond acceptors (Lipinski definition) is 3. The minimum absolute atomic E-state index is 0.0914. The van der Waals surface area contributed by atoms with Crippen LogP contribution in [0.5, 0.6) is 0 Å². The Balaban J connectivity index is 2.37. The second-order valence-electron chi connectivity index (χ2n) is 6.16. The summed E-state index contributed by atoms with van der Waals surface area (Å²) in [5.41, 5.74) is 0.899. The highest BCUT2D eigenvalue weighted by atomic mass is 35.5. The number of alkyl halides is 1. The highest BCUT2D eigenvalue weighted by molar-refractivity contribution is 7.90. The second-order valence-corrected chi connectivity index (χ2v) is 9.73. The lowest BCUT2D eigenvalue weighted by Crippen LogP contribution is -2.07. The van der Waals surface area contributed by atoms with Gasteiger partial charge < -0.3 is 0 Å². The summed E-state index contributed by atoms with van der Waals surface area (Å²) in [4.78, 5) is 2.60. The topological polar surface area (TPSA) is 34.1 Å². The maximum Gasteiger partial charge on any atom is 0.175 e. The van der Waals surface area contributed by atoms with Gasteiger partial charge in [-0.1, -0.05) is 32.9 Å². The minimum atomic E-state index is -3.21. The number of sulfone groups is 1. The molecule has 0 bridgehead atoms. The number of benzene rings is 1. The van der Waals surface area contributed by atoms with Gasteiger partial charge in [-0.2, -0.15) is 0 Å². The van der Waals surface area contributed by atoms with Crippen molar-refractivity contribution in [3.05, 3.63) is 51.7 Å². The lowest BCUT2D eigenvalue weighted by molar-refractivity contribution is 0.601. The highest BCUT2D eigenvalue weighted by Gasteiger charge is 2.20. The molecule has 1 unspecified atom stereocenters. The van der Waals surface area contributed by atoms with Crippen molar-refractivity contribution < 1.29 is 8.42 Å². The van der Waals surface area contributed by atoms with E-state index in [2.05, 4.69) is 26.8 Å². The zero-order chi connectivity index (χ0) is 15.8. The molecular weight excluding hydrogens is 324 g/mol. The van der Waals surface area contributed by atoms with Crippen LogP contribution < -0.4 is 0 Å². The van der Waals surface area contributed by atoms with Gasteiger partial charge in [-0.3, -0.25) is 0 Å². The van der Waals surface area contributed by atoms with Gasteiger partial charge >= 0.3 is 0 Å². The van der Waals surface area contributed by atoms with Crippen LogP contribution >= 0.6 is 22.9 Å². The molecule has 114 valence electrons. The summed E-state index contributed by atoms with van der Waals surface area (Å²) < 4.78 is 23.3. The van der Waals surface area contributed by atoms with Crippen LogP contribution in [0, 0.1) is 0 Å². The summed E-state index contributed by atoms with van der Waals surface area (Å²) >= 11 is 8.21. The van der Waals surface area contributed by atoms with Crippen LogP contribution in [-0.2, 0) is 15.3 Å². The number of rotatable bonds is 3. The minimum Gasteiger partial charge on any atom is -0.224 e. The third kappa shape index (κ3) is 3.87. The molecule has 0 spiro atoms. The predicted molar refractivity (Wildman–Crippen MR) is 90.3 cm³/mol. The van der Waals surface area contributed by atoms with Crippen molar-refractivity contribution in [1.29, 1.82) is 0 Å². The molecule has 5 heteroatoms. The van der Waals surface area contributed by atoms with Crippen molar-refractivity contribution in [1.82, 2.24) is 0 Å². The fourth-order valence-corrected chi connectivity index (χ4v) is 4.05. The Morgan fingerprint density at radius 2 is 1.81 bits per heavy atom. The van der Waals surface area contributed by atoms with E-state index in [1.54, 1.807) is 29.5 Å². The third-order valence-electron chi connectivity index (χ3n) is 3.19. The lowest BCUT2D eigenvalue weighted by Gasteiger charge is -2.15. The Morgan fingerprint density at radius 3 is 2.33 bits per heavy atom. The summed E-state index contributed by atoms with van der Waals surface area (Å²) in [6.45, 7) is 6.49. The molecule has 0 amide bonds.